The number of aromatic amines is 1. The maximum absolute atomic E-state index is 12.0. The maximum atomic E-state index is 12.0. The van der Waals surface area contributed by atoms with Crippen molar-refractivity contribution < 1.29 is 9.90 Å². The molecule has 0 amide bonds. The number of aliphatic carboxylic acids is 1. The minimum atomic E-state index is -0.770. The van der Waals surface area contributed by atoms with E-state index in [1.807, 2.05) is 4.90 Å². The number of nitrogens with zero attached hydrogens (tertiary/aromatic N) is 2. The van der Waals surface area contributed by atoms with Crippen LogP contribution >= 0.6 is 0 Å². The van der Waals surface area contributed by atoms with Gasteiger partial charge in [0, 0.05) is 18.7 Å². The monoisotopic (exact) mass is 263 g/mol. The Balaban J connectivity index is 1.88. The molecule has 6 heteroatoms. The minimum Gasteiger partial charge on any atom is -0.481 e. The molecule has 1 fully saturated rings. The Morgan fingerprint density at radius 1 is 1.37 bits per heavy atom. The molecule has 6 nitrogen and oxygen atoms in total. The number of fused-ring (bicyclic) bond motifs is 1. The number of aromatic nitrogens is 2. The van der Waals surface area contributed by atoms with Crippen LogP contribution in [-0.4, -0.2) is 34.1 Å². The highest BCUT2D eigenvalue weighted by Gasteiger charge is 2.27. The standard InChI is InChI=1S/C13H17N3O3/c17-11-9-4-1-5-10(9)14-13(15-11)16-6-2-3-8(7-16)12(18)19/h8H,1-7H2,(H,18,19)(H,14,15,17). The highest BCUT2D eigenvalue weighted by atomic mass is 16.4. The summed E-state index contributed by atoms with van der Waals surface area (Å²) in [4.78, 5) is 32.2. The first-order valence-corrected chi connectivity index (χ1v) is 6.75. The van der Waals surface area contributed by atoms with Crippen LogP contribution < -0.4 is 10.5 Å². The molecule has 1 aliphatic heterocycles. The van der Waals surface area contributed by atoms with Crippen molar-refractivity contribution in [2.75, 3.05) is 18.0 Å². The average Bonchev–Trinajstić information content (AvgIpc) is 2.87. The van der Waals surface area contributed by atoms with E-state index < -0.39 is 5.97 Å². The van der Waals surface area contributed by atoms with Crippen LogP contribution in [0.3, 0.4) is 0 Å². The summed E-state index contributed by atoms with van der Waals surface area (Å²) in [6.45, 7) is 1.18. The lowest BCUT2D eigenvalue weighted by Gasteiger charge is -2.31. The summed E-state index contributed by atoms with van der Waals surface area (Å²) in [6, 6.07) is 0. The van der Waals surface area contributed by atoms with Crippen molar-refractivity contribution in [2.45, 2.75) is 32.1 Å². The molecule has 1 aromatic heterocycles. The minimum absolute atomic E-state index is 0.0602. The van der Waals surface area contributed by atoms with E-state index in [0.29, 0.717) is 18.9 Å². The molecule has 0 spiro atoms. The van der Waals surface area contributed by atoms with E-state index >= 15 is 0 Å². The largest absolute Gasteiger partial charge is 0.481 e. The maximum Gasteiger partial charge on any atom is 0.308 e. The molecule has 0 bridgehead atoms. The highest BCUT2D eigenvalue weighted by molar-refractivity contribution is 5.71. The zero-order valence-corrected chi connectivity index (χ0v) is 10.7. The van der Waals surface area contributed by atoms with Gasteiger partial charge in [-0.3, -0.25) is 14.6 Å². The highest BCUT2D eigenvalue weighted by Crippen LogP contribution is 2.22. The van der Waals surface area contributed by atoms with E-state index in [-0.39, 0.29) is 11.5 Å². The normalized spacial score (nSPS) is 22.3. The van der Waals surface area contributed by atoms with Crippen molar-refractivity contribution in [3.63, 3.8) is 0 Å². The number of hydrogen-bond donors (Lipinski definition) is 2. The molecule has 1 aromatic rings. The summed E-state index contributed by atoms with van der Waals surface area (Å²) >= 11 is 0. The number of carboxylic acids is 1. The van der Waals surface area contributed by atoms with Crippen LogP contribution in [-0.2, 0) is 17.6 Å². The van der Waals surface area contributed by atoms with E-state index in [2.05, 4.69) is 9.97 Å². The molecule has 0 saturated carbocycles. The van der Waals surface area contributed by atoms with Crippen LogP contribution in [0, 0.1) is 5.92 Å². The molecule has 2 aliphatic rings. The van der Waals surface area contributed by atoms with Crippen LogP contribution in [0.15, 0.2) is 4.79 Å². The lowest BCUT2D eigenvalue weighted by molar-refractivity contribution is -0.141. The second-order valence-electron chi connectivity index (χ2n) is 5.29. The number of H-pyrrole nitrogens is 1. The second kappa shape index (κ2) is 4.68. The van der Waals surface area contributed by atoms with Crippen molar-refractivity contribution in [3.05, 3.63) is 21.6 Å². The van der Waals surface area contributed by atoms with Gasteiger partial charge in [0.25, 0.3) is 5.56 Å². The van der Waals surface area contributed by atoms with Crippen LogP contribution in [0.25, 0.3) is 0 Å². The first kappa shape index (κ1) is 12.2. The fraction of sp³-hybridized carbons (Fsp3) is 0.615. The number of hydrogen-bond acceptors (Lipinski definition) is 4. The number of rotatable bonds is 2. The summed E-state index contributed by atoms with van der Waals surface area (Å²) in [7, 11) is 0. The zero-order chi connectivity index (χ0) is 13.4. The van der Waals surface area contributed by atoms with Crippen LogP contribution in [0.5, 0.6) is 0 Å². The summed E-state index contributed by atoms with van der Waals surface area (Å²) in [6.07, 6.45) is 4.14. The average molecular weight is 263 g/mol. The fourth-order valence-electron chi connectivity index (χ4n) is 2.95. The number of carbonyl (C=O) groups is 1. The number of aryl methyl sites for hydroxylation is 1. The molecule has 1 saturated heterocycles. The molecule has 2 heterocycles. The van der Waals surface area contributed by atoms with E-state index in [0.717, 1.165) is 43.5 Å². The molecule has 1 unspecified atom stereocenters. The van der Waals surface area contributed by atoms with Gasteiger partial charge in [0.2, 0.25) is 5.95 Å². The predicted octanol–water partition coefficient (Wildman–Crippen LogP) is 0.560. The van der Waals surface area contributed by atoms with Gasteiger partial charge in [-0.15, -0.1) is 0 Å². The van der Waals surface area contributed by atoms with Crippen molar-refractivity contribution in [1.82, 2.24) is 9.97 Å². The van der Waals surface area contributed by atoms with Crippen molar-refractivity contribution in [2.24, 2.45) is 5.92 Å². The van der Waals surface area contributed by atoms with Gasteiger partial charge >= 0.3 is 5.97 Å². The van der Waals surface area contributed by atoms with E-state index in [1.165, 1.54) is 0 Å². The Morgan fingerprint density at radius 2 is 2.21 bits per heavy atom. The number of carboxylic acid groups (broad SMARTS) is 1. The van der Waals surface area contributed by atoms with Gasteiger partial charge in [-0.25, -0.2) is 4.98 Å². The van der Waals surface area contributed by atoms with Crippen LogP contribution in [0.2, 0.25) is 0 Å². The molecule has 19 heavy (non-hydrogen) atoms. The topological polar surface area (TPSA) is 86.3 Å². The first-order chi connectivity index (χ1) is 9.15. The fourth-order valence-corrected chi connectivity index (χ4v) is 2.95. The number of piperidine rings is 1. The SMILES string of the molecule is O=C(O)C1CCCN(c2nc3c(c(=O)[nH]2)CCC3)C1. The Labute approximate surface area is 110 Å². The van der Waals surface area contributed by atoms with Gasteiger partial charge < -0.3 is 10.0 Å². The molecule has 3 rings (SSSR count). The lowest BCUT2D eigenvalue weighted by atomic mass is 9.99. The molecule has 0 radical (unpaired) electrons. The Morgan fingerprint density at radius 3 is 3.00 bits per heavy atom. The number of anilines is 1. The molecule has 0 aromatic carbocycles. The van der Waals surface area contributed by atoms with Gasteiger partial charge in [-0.2, -0.15) is 0 Å². The second-order valence-corrected chi connectivity index (χ2v) is 5.29. The van der Waals surface area contributed by atoms with E-state index in [9.17, 15) is 9.59 Å². The number of nitrogens with one attached hydrogen (secondary N) is 1. The van der Waals surface area contributed by atoms with E-state index in [4.69, 9.17) is 5.11 Å². The van der Waals surface area contributed by atoms with Gasteiger partial charge in [0.15, 0.2) is 0 Å². The molecule has 1 atom stereocenters. The van der Waals surface area contributed by atoms with Gasteiger partial charge in [0.1, 0.15) is 0 Å². The molecular weight excluding hydrogens is 246 g/mol. The zero-order valence-electron chi connectivity index (χ0n) is 10.7. The third-order valence-electron chi connectivity index (χ3n) is 4.00. The molecule has 1 aliphatic carbocycles. The first-order valence-electron chi connectivity index (χ1n) is 6.75. The molecular formula is C13H17N3O3. The molecule has 102 valence electrons. The third kappa shape index (κ3) is 2.22. The molecule has 2 N–H and O–H groups in total. The van der Waals surface area contributed by atoms with Crippen LogP contribution in [0.1, 0.15) is 30.5 Å². The van der Waals surface area contributed by atoms with Crippen molar-refractivity contribution >= 4 is 11.9 Å². The lowest BCUT2D eigenvalue weighted by Crippen LogP contribution is -2.40. The Bertz CT molecular complexity index is 567. The smallest absolute Gasteiger partial charge is 0.308 e. The van der Waals surface area contributed by atoms with Crippen molar-refractivity contribution in [1.29, 1.82) is 0 Å². The van der Waals surface area contributed by atoms with Crippen LogP contribution in [0.4, 0.5) is 5.95 Å². The van der Waals surface area contributed by atoms with Crippen molar-refractivity contribution in [3.8, 4) is 0 Å². The van der Waals surface area contributed by atoms with Gasteiger partial charge in [-0.05, 0) is 32.1 Å². The summed E-state index contributed by atoms with van der Waals surface area (Å²) < 4.78 is 0. The summed E-state index contributed by atoms with van der Waals surface area (Å²) in [5.41, 5.74) is 1.63. The third-order valence-corrected chi connectivity index (χ3v) is 4.00. The Hall–Kier alpha value is -1.85. The summed E-state index contributed by atoms with van der Waals surface area (Å²) in [5, 5.41) is 9.09. The Kier molecular flexibility index (Phi) is 3.00. The predicted molar refractivity (Wildman–Crippen MR) is 69.5 cm³/mol. The quantitative estimate of drug-likeness (QED) is 0.814. The van der Waals surface area contributed by atoms with Gasteiger partial charge in [0.05, 0.1) is 11.6 Å². The van der Waals surface area contributed by atoms with E-state index in [1.54, 1.807) is 0 Å². The van der Waals surface area contributed by atoms with Gasteiger partial charge in [-0.1, -0.05) is 0 Å². The summed E-state index contributed by atoms with van der Waals surface area (Å²) in [5.74, 6) is -0.600.